The number of carbonyl (C=O) groups excluding carboxylic acids is 1. The molecule has 0 fully saturated rings. The van der Waals surface area contributed by atoms with E-state index in [4.69, 9.17) is 9.47 Å². The molecule has 1 amide bonds. The van der Waals surface area contributed by atoms with Crippen molar-refractivity contribution in [1.29, 1.82) is 0 Å². The Morgan fingerprint density at radius 1 is 0.641 bits per heavy atom. The number of methoxy groups -OCH3 is 2. The first-order valence-corrected chi connectivity index (χ1v) is 14.4. The maximum absolute atomic E-state index is 12.9. The van der Waals surface area contributed by atoms with Crippen LogP contribution in [0.3, 0.4) is 0 Å². The van der Waals surface area contributed by atoms with Crippen molar-refractivity contribution in [3.05, 3.63) is 103 Å². The van der Waals surface area contributed by atoms with Gasteiger partial charge in [-0.2, -0.15) is 0 Å². The lowest BCUT2D eigenvalue weighted by atomic mass is 10.2. The molecule has 0 aliphatic heterocycles. The molecule has 0 saturated heterocycles. The molecular formula is C27H25N3O7S2. The Kier molecular flexibility index (Phi) is 8.07. The maximum atomic E-state index is 12.9. The minimum atomic E-state index is -3.94. The second kappa shape index (κ2) is 11.5. The van der Waals surface area contributed by atoms with Crippen molar-refractivity contribution in [1.82, 2.24) is 0 Å². The van der Waals surface area contributed by atoms with Crippen molar-refractivity contribution in [3.63, 3.8) is 0 Å². The lowest BCUT2D eigenvalue weighted by Gasteiger charge is -2.13. The summed E-state index contributed by atoms with van der Waals surface area (Å²) in [5.41, 5.74) is 1.19. The lowest BCUT2D eigenvalue weighted by molar-refractivity contribution is 0.102. The van der Waals surface area contributed by atoms with Crippen molar-refractivity contribution < 1.29 is 31.1 Å². The van der Waals surface area contributed by atoms with Crippen LogP contribution in [0.2, 0.25) is 0 Å². The first-order chi connectivity index (χ1) is 18.6. The SMILES string of the molecule is COc1ccc(NS(=O)(=O)c2ccc(NC(=O)c3ccc(NS(=O)(=O)c4ccccc4)cc3)cc2)c(OC)c1. The Labute approximate surface area is 226 Å². The van der Waals surface area contributed by atoms with Gasteiger partial charge in [0.2, 0.25) is 0 Å². The normalized spacial score (nSPS) is 11.3. The molecule has 4 aromatic carbocycles. The molecule has 202 valence electrons. The second-order valence-corrected chi connectivity index (χ2v) is 11.5. The van der Waals surface area contributed by atoms with Crippen LogP contribution in [-0.4, -0.2) is 37.0 Å². The van der Waals surface area contributed by atoms with Crippen molar-refractivity contribution in [2.45, 2.75) is 9.79 Å². The third kappa shape index (κ3) is 6.67. The molecule has 0 aliphatic carbocycles. The van der Waals surface area contributed by atoms with E-state index in [1.165, 1.54) is 80.9 Å². The second-order valence-electron chi connectivity index (χ2n) is 8.15. The summed E-state index contributed by atoms with van der Waals surface area (Å²) in [5, 5.41) is 2.68. The van der Waals surface area contributed by atoms with Crippen molar-refractivity contribution in [2.24, 2.45) is 0 Å². The quantitative estimate of drug-likeness (QED) is 0.255. The predicted octanol–water partition coefficient (Wildman–Crippen LogP) is 4.56. The fraction of sp³-hybridized carbons (Fsp3) is 0.0741. The predicted molar refractivity (Wildman–Crippen MR) is 148 cm³/mol. The molecule has 0 spiro atoms. The van der Waals surface area contributed by atoms with E-state index in [0.717, 1.165) is 0 Å². The molecule has 0 bridgehead atoms. The standard InChI is InChI=1S/C27H25N3O7S2/c1-36-22-14-17-25(26(18-22)37-2)30-39(34,35)24-15-12-20(13-16-24)28-27(31)19-8-10-21(11-9-19)29-38(32,33)23-6-4-3-5-7-23/h3-18,29-30H,1-2H3,(H,28,31). The van der Waals surface area contributed by atoms with Gasteiger partial charge in [-0.1, -0.05) is 18.2 Å². The number of ether oxygens (including phenoxy) is 2. The first kappa shape index (κ1) is 27.5. The Hall–Kier alpha value is -4.55. The van der Waals surface area contributed by atoms with E-state index >= 15 is 0 Å². The zero-order chi connectivity index (χ0) is 28.0. The number of sulfonamides is 2. The number of anilines is 3. The summed E-state index contributed by atoms with van der Waals surface area (Å²) < 4.78 is 66.0. The summed E-state index contributed by atoms with van der Waals surface area (Å²) in [4.78, 5) is 12.8. The smallest absolute Gasteiger partial charge is 0.262 e. The van der Waals surface area contributed by atoms with E-state index in [2.05, 4.69) is 14.8 Å². The van der Waals surface area contributed by atoms with Crippen LogP contribution in [0.15, 0.2) is 107 Å². The zero-order valence-electron chi connectivity index (χ0n) is 20.9. The van der Waals surface area contributed by atoms with Gasteiger partial charge < -0.3 is 14.8 Å². The Balaban J connectivity index is 1.41. The van der Waals surface area contributed by atoms with Crippen LogP contribution < -0.4 is 24.2 Å². The third-order valence-electron chi connectivity index (χ3n) is 5.53. The van der Waals surface area contributed by atoms with Crippen LogP contribution in [0, 0.1) is 0 Å². The zero-order valence-corrected chi connectivity index (χ0v) is 22.5. The third-order valence-corrected chi connectivity index (χ3v) is 8.31. The van der Waals surface area contributed by atoms with Gasteiger partial charge in [-0.05, 0) is 72.8 Å². The molecule has 12 heteroatoms. The Bertz CT molecular complexity index is 1670. The molecule has 4 aromatic rings. The molecule has 4 rings (SSSR count). The summed E-state index contributed by atoms with van der Waals surface area (Å²) in [7, 11) is -4.79. The fourth-order valence-corrected chi connectivity index (χ4v) is 5.66. The highest BCUT2D eigenvalue weighted by Crippen LogP contribution is 2.31. The van der Waals surface area contributed by atoms with Crippen LogP contribution in [-0.2, 0) is 20.0 Å². The van der Waals surface area contributed by atoms with E-state index in [1.807, 2.05) is 0 Å². The van der Waals surface area contributed by atoms with Gasteiger partial charge in [-0.25, -0.2) is 16.8 Å². The van der Waals surface area contributed by atoms with Gasteiger partial charge in [0.25, 0.3) is 26.0 Å². The van der Waals surface area contributed by atoms with E-state index in [0.29, 0.717) is 22.9 Å². The highest BCUT2D eigenvalue weighted by atomic mass is 32.2. The molecule has 0 heterocycles. The van der Waals surface area contributed by atoms with Crippen LogP contribution >= 0.6 is 0 Å². The highest BCUT2D eigenvalue weighted by molar-refractivity contribution is 7.93. The maximum Gasteiger partial charge on any atom is 0.262 e. The molecule has 3 N–H and O–H groups in total. The average molecular weight is 568 g/mol. The number of benzene rings is 4. The van der Waals surface area contributed by atoms with Crippen molar-refractivity contribution in [2.75, 3.05) is 29.0 Å². The summed E-state index contributed by atoms with van der Waals surface area (Å²) in [6.45, 7) is 0. The van der Waals surface area contributed by atoms with Gasteiger partial charge in [0.05, 0.1) is 29.7 Å². The number of nitrogens with one attached hydrogen (secondary N) is 3. The number of hydrogen-bond donors (Lipinski definition) is 3. The Morgan fingerprint density at radius 2 is 1.23 bits per heavy atom. The number of carbonyl (C=O) groups is 1. The molecule has 10 nitrogen and oxygen atoms in total. The van der Waals surface area contributed by atoms with Gasteiger partial charge in [-0.3, -0.25) is 14.2 Å². The molecule has 39 heavy (non-hydrogen) atoms. The van der Waals surface area contributed by atoms with Gasteiger partial charge >= 0.3 is 0 Å². The van der Waals surface area contributed by atoms with Crippen LogP contribution in [0.25, 0.3) is 0 Å². The molecule has 0 aromatic heterocycles. The van der Waals surface area contributed by atoms with E-state index in [1.54, 1.807) is 30.3 Å². The van der Waals surface area contributed by atoms with Crippen LogP contribution in [0.1, 0.15) is 10.4 Å². The van der Waals surface area contributed by atoms with E-state index in [9.17, 15) is 21.6 Å². The molecule has 0 radical (unpaired) electrons. The topological polar surface area (TPSA) is 140 Å². The van der Waals surface area contributed by atoms with Crippen LogP contribution in [0.4, 0.5) is 17.1 Å². The molecular weight excluding hydrogens is 542 g/mol. The minimum absolute atomic E-state index is 0.0200. The number of hydrogen-bond acceptors (Lipinski definition) is 7. The van der Waals surface area contributed by atoms with Crippen molar-refractivity contribution >= 4 is 43.0 Å². The summed E-state index contributed by atoms with van der Waals surface area (Å²) in [5.74, 6) is 0.350. The molecule has 0 saturated carbocycles. The van der Waals surface area contributed by atoms with Gasteiger partial charge in [0, 0.05) is 23.0 Å². The van der Waals surface area contributed by atoms with Gasteiger partial charge in [0.1, 0.15) is 11.5 Å². The fourth-order valence-electron chi connectivity index (χ4n) is 3.51. The van der Waals surface area contributed by atoms with E-state index in [-0.39, 0.29) is 21.0 Å². The van der Waals surface area contributed by atoms with Crippen LogP contribution in [0.5, 0.6) is 11.5 Å². The first-order valence-electron chi connectivity index (χ1n) is 11.5. The largest absolute Gasteiger partial charge is 0.497 e. The highest BCUT2D eigenvalue weighted by Gasteiger charge is 2.18. The summed E-state index contributed by atoms with van der Waals surface area (Å²) >= 11 is 0. The number of rotatable bonds is 10. The van der Waals surface area contributed by atoms with Gasteiger partial charge in [0.15, 0.2) is 0 Å². The van der Waals surface area contributed by atoms with Crippen molar-refractivity contribution in [3.8, 4) is 11.5 Å². The minimum Gasteiger partial charge on any atom is -0.497 e. The number of amides is 1. The average Bonchev–Trinajstić information content (AvgIpc) is 2.94. The lowest BCUT2D eigenvalue weighted by Crippen LogP contribution is -2.15. The van der Waals surface area contributed by atoms with E-state index < -0.39 is 26.0 Å². The summed E-state index contributed by atoms with van der Waals surface area (Å²) in [6.07, 6.45) is 0. The molecule has 0 aliphatic rings. The molecule has 0 atom stereocenters. The monoisotopic (exact) mass is 567 g/mol. The Morgan fingerprint density at radius 3 is 1.85 bits per heavy atom. The van der Waals surface area contributed by atoms with Gasteiger partial charge in [-0.15, -0.1) is 0 Å². The summed E-state index contributed by atoms with van der Waals surface area (Å²) in [6, 6.07) is 24.1. The molecule has 0 unspecified atom stereocenters.